The zero-order valence-corrected chi connectivity index (χ0v) is 27.7. The van der Waals surface area contributed by atoms with Crippen molar-refractivity contribution >= 4 is 40.2 Å². The van der Waals surface area contributed by atoms with Crippen LogP contribution in [-0.2, 0) is 11.8 Å². The van der Waals surface area contributed by atoms with Crippen LogP contribution in [0.2, 0.25) is 0 Å². The van der Waals surface area contributed by atoms with Crippen LogP contribution in [0.15, 0.2) is 66.6 Å². The normalized spacial score (nSPS) is 13.3. The minimum atomic E-state index is -0.312. The molecule has 47 heavy (non-hydrogen) atoms. The number of aryl methyl sites for hydroxylation is 2. The van der Waals surface area contributed by atoms with E-state index in [1.165, 1.54) is 7.11 Å². The van der Waals surface area contributed by atoms with Gasteiger partial charge in [0.2, 0.25) is 0 Å². The zero-order chi connectivity index (χ0) is 33.5. The number of ether oxygens (including phenoxy) is 2. The summed E-state index contributed by atoms with van der Waals surface area (Å²) in [5.74, 6) is 2.53. The van der Waals surface area contributed by atoms with Gasteiger partial charge >= 0.3 is 0 Å². The summed E-state index contributed by atoms with van der Waals surface area (Å²) in [7, 11) is 7.13. The largest absolute Gasteiger partial charge is 0.495 e. The molecule has 0 unspecified atom stereocenters. The van der Waals surface area contributed by atoms with Gasteiger partial charge in [-0.2, -0.15) is 0 Å². The maximum absolute atomic E-state index is 13.7. The van der Waals surface area contributed by atoms with E-state index in [-0.39, 0.29) is 11.8 Å². The second-order valence-corrected chi connectivity index (χ2v) is 11.9. The van der Waals surface area contributed by atoms with Crippen LogP contribution in [0.4, 0.5) is 11.4 Å². The van der Waals surface area contributed by atoms with Gasteiger partial charge in [-0.25, -0.2) is 9.78 Å². The van der Waals surface area contributed by atoms with Crippen molar-refractivity contribution in [3.05, 3.63) is 83.3 Å². The fourth-order valence-electron chi connectivity index (χ4n) is 5.76. The molecule has 1 fully saturated rings. The molecule has 11 heteroatoms. The van der Waals surface area contributed by atoms with E-state index < -0.39 is 0 Å². The second kappa shape index (κ2) is 15.0. The molecule has 2 heterocycles. The van der Waals surface area contributed by atoms with Crippen molar-refractivity contribution in [2.75, 3.05) is 64.2 Å². The van der Waals surface area contributed by atoms with Gasteiger partial charge in [-0.15, -0.1) is 0 Å². The molecule has 1 aromatic heterocycles. The molecule has 11 nitrogen and oxygen atoms in total. The lowest BCUT2D eigenvalue weighted by molar-refractivity contribution is 0.0990. The first-order valence-corrected chi connectivity index (χ1v) is 15.8. The van der Waals surface area contributed by atoms with E-state index in [1.54, 1.807) is 53.2 Å². The minimum absolute atomic E-state index is 0.262. The van der Waals surface area contributed by atoms with Gasteiger partial charge in [0.15, 0.2) is 0 Å². The van der Waals surface area contributed by atoms with Crippen LogP contribution in [0.25, 0.3) is 11.0 Å². The van der Waals surface area contributed by atoms with Crippen LogP contribution in [0.3, 0.4) is 0 Å². The van der Waals surface area contributed by atoms with E-state index in [4.69, 9.17) is 9.47 Å². The summed E-state index contributed by atoms with van der Waals surface area (Å²) in [4.78, 5) is 48.8. The monoisotopic (exact) mass is 638 g/mol. The number of rotatable bonds is 12. The number of allylic oxidation sites excluding steroid dienone is 1. The number of methoxy groups -OCH3 is 1. The number of unbranched alkanes of at least 4 members (excludes halogenated alkanes) is 1. The summed E-state index contributed by atoms with van der Waals surface area (Å²) in [6, 6.07) is 16.1. The topological polar surface area (TPSA) is 109 Å². The van der Waals surface area contributed by atoms with Gasteiger partial charge in [-0.05, 0) is 81.3 Å². The fourth-order valence-corrected chi connectivity index (χ4v) is 5.76. The third kappa shape index (κ3) is 7.65. The molecule has 0 radical (unpaired) electrons. The van der Waals surface area contributed by atoms with E-state index in [2.05, 4.69) is 33.1 Å². The number of likely N-dealkylation sites (N-methyl/N-ethyl adjacent to an activating group) is 1. The number of carbonyl (C=O) groups is 2. The molecule has 0 spiro atoms. The highest BCUT2D eigenvalue weighted by Crippen LogP contribution is 2.32. The predicted molar refractivity (Wildman–Crippen MR) is 183 cm³/mol. The Bertz CT molecular complexity index is 1800. The molecule has 4 aromatic rings. The molecule has 246 valence electrons. The van der Waals surface area contributed by atoms with Crippen molar-refractivity contribution in [3.63, 3.8) is 0 Å². The third-order valence-electron chi connectivity index (χ3n) is 8.53. The van der Waals surface area contributed by atoms with Gasteiger partial charge in [0, 0.05) is 45.8 Å². The van der Waals surface area contributed by atoms with Crippen molar-refractivity contribution in [1.82, 2.24) is 19.4 Å². The highest BCUT2D eigenvalue weighted by molar-refractivity contribution is 6.12. The average molecular weight is 639 g/mol. The Morgan fingerprint density at radius 1 is 1.00 bits per heavy atom. The first kappa shape index (κ1) is 33.2. The first-order valence-electron chi connectivity index (χ1n) is 15.8. The molecule has 1 aliphatic heterocycles. The molecule has 1 saturated heterocycles. The van der Waals surface area contributed by atoms with Gasteiger partial charge < -0.3 is 34.1 Å². The number of hydrogen-bond acceptors (Lipinski definition) is 8. The first-order chi connectivity index (χ1) is 22.7. The Morgan fingerprint density at radius 2 is 1.79 bits per heavy atom. The highest BCUT2D eigenvalue weighted by Gasteiger charge is 2.21. The Morgan fingerprint density at radius 3 is 2.53 bits per heavy atom. The maximum Gasteiger partial charge on any atom is 0.258 e. The van der Waals surface area contributed by atoms with Gasteiger partial charge in [-0.1, -0.05) is 12.1 Å². The molecule has 0 atom stereocenters. The number of carbonyl (C=O) groups excluding carboxylic acids is 3. The van der Waals surface area contributed by atoms with Crippen molar-refractivity contribution in [2.24, 2.45) is 7.05 Å². The van der Waals surface area contributed by atoms with Gasteiger partial charge in [0.1, 0.15) is 17.4 Å². The predicted octanol–water partition coefficient (Wildman–Crippen LogP) is 4.93. The van der Waals surface area contributed by atoms with Crippen molar-refractivity contribution in [1.29, 1.82) is 0 Å². The lowest BCUT2D eigenvalue weighted by atomic mass is 10.1. The van der Waals surface area contributed by atoms with Crippen LogP contribution in [0.5, 0.6) is 11.5 Å². The molecular formula is C36H42N6O5. The number of benzene rings is 3. The summed E-state index contributed by atoms with van der Waals surface area (Å²) in [5.41, 5.74) is 5.12. The third-order valence-corrected chi connectivity index (χ3v) is 8.53. The Balaban J connectivity index is 1.23. The number of anilines is 2. The number of piperazine rings is 1. The molecule has 0 aliphatic carbocycles. The number of amides is 2. The second-order valence-electron chi connectivity index (χ2n) is 11.9. The number of nitrogens with zero attached hydrogens (tertiary/aromatic N) is 5. The summed E-state index contributed by atoms with van der Waals surface area (Å²) < 4.78 is 13.6. The van der Waals surface area contributed by atoms with Crippen LogP contribution < -0.4 is 19.7 Å². The lowest BCUT2D eigenvalue weighted by Gasteiger charge is -2.34. The number of imidazole rings is 1. The summed E-state index contributed by atoms with van der Waals surface area (Å²) in [6.45, 7) is 5.99. The molecule has 1 N–H and O–H groups in total. The summed E-state index contributed by atoms with van der Waals surface area (Å²) in [6.07, 6.45) is 3.88. The standard InChI is InChI=1S/C36H42N6O5/c1-25-12-15-31(33(21-25)47-20-7-6-9-27(23-43)42-18-16-39(2)17-19-42)41(4)36(45)26-13-14-29(32(22-26)46-5)38-35(44)28-10-8-11-30-34(28)40(3)24-37-30/h8,10-15,21-22,24H,6-7,9,16-20H2,1-5H3,(H,38,44). The van der Waals surface area contributed by atoms with Crippen LogP contribution in [0, 0.1) is 6.92 Å². The molecule has 5 rings (SSSR count). The number of para-hydroxylation sites is 1. The number of hydrogen-bond donors (Lipinski definition) is 1. The molecule has 0 bridgehead atoms. The molecule has 1 aliphatic rings. The van der Waals surface area contributed by atoms with E-state index in [0.717, 1.165) is 61.3 Å². The highest BCUT2D eigenvalue weighted by atomic mass is 16.5. The quantitative estimate of drug-likeness (QED) is 0.172. The summed E-state index contributed by atoms with van der Waals surface area (Å²) >= 11 is 0. The molecule has 2 amide bonds. The van der Waals surface area contributed by atoms with Crippen LogP contribution >= 0.6 is 0 Å². The van der Waals surface area contributed by atoms with E-state index in [0.29, 0.717) is 47.0 Å². The lowest BCUT2D eigenvalue weighted by Crippen LogP contribution is -2.44. The maximum atomic E-state index is 13.7. The Labute approximate surface area is 275 Å². The number of fused-ring (bicyclic) bond motifs is 1. The Kier molecular flexibility index (Phi) is 10.6. The molecular weight excluding hydrogens is 596 g/mol. The van der Waals surface area contributed by atoms with Crippen molar-refractivity contribution < 1.29 is 23.9 Å². The van der Waals surface area contributed by atoms with Gasteiger partial charge in [0.25, 0.3) is 11.8 Å². The molecule has 0 saturated carbocycles. The van der Waals surface area contributed by atoms with Gasteiger partial charge in [0.05, 0.1) is 53.7 Å². The fraction of sp³-hybridized carbons (Fsp3) is 0.361. The van der Waals surface area contributed by atoms with Gasteiger partial charge in [-0.3, -0.25) is 9.59 Å². The Hall–Kier alpha value is -5.12. The van der Waals surface area contributed by atoms with E-state index >= 15 is 0 Å². The smallest absolute Gasteiger partial charge is 0.258 e. The minimum Gasteiger partial charge on any atom is -0.495 e. The molecule has 3 aromatic carbocycles. The number of nitrogens with one attached hydrogen (secondary N) is 1. The van der Waals surface area contributed by atoms with Crippen LogP contribution in [-0.4, -0.2) is 91.1 Å². The summed E-state index contributed by atoms with van der Waals surface area (Å²) in [5, 5.41) is 2.92. The average Bonchev–Trinajstić information content (AvgIpc) is 3.47. The van der Waals surface area contributed by atoms with E-state index in [1.807, 2.05) is 38.2 Å². The van der Waals surface area contributed by atoms with Crippen LogP contribution in [0.1, 0.15) is 45.5 Å². The zero-order valence-electron chi connectivity index (χ0n) is 27.7. The van der Waals surface area contributed by atoms with E-state index in [9.17, 15) is 14.4 Å². The number of aromatic nitrogens is 2. The van der Waals surface area contributed by atoms with Crippen molar-refractivity contribution in [2.45, 2.75) is 26.2 Å². The SMILES string of the molecule is COc1cc(C(=O)N(C)c2ccc(C)cc2OCCCCC(=C=O)N2CCN(C)CC2)ccc1NC(=O)c1cccc2ncn(C)c12. The van der Waals surface area contributed by atoms with Crippen molar-refractivity contribution in [3.8, 4) is 11.5 Å².